The second-order valence-corrected chi connectivity index (χ2v) is 3.05. The Morgan fingerprint density at radius 1 is 1.27 bits per heavy atom. The lowest BCUT2D eigenvalue weighted by Crippen LogP contribution is -1.85. The molecule has 0 fully saturated rings. The number of hydrogen-bond donors (Lipinski definition) is 0. The van der Waals surface area contributed by atoms with Gasteiger partial charge >= 0.3 is 5.88 Å². The van der Waals surface area contributed by atoms with Gasteiger partial charge in [0, 0.05) is 10.6 Å². The van der Waals surface area contributed by atoms with Crippen LogP contribution in [0.5, 0.6) is 5.88 Å². The van der Waals surface area contributed by atoms with Crippen molar-refractivity contribution < 1.29 is 9.37 Å². The van der Waals surface area contributed by atoms with Crippen molar-refractivity contribution >= 4 is 11.6 Å². The monoisotopic (exact) mass is 221 g/mol. The van der Waals surface area contributed by atoms with Gasteiger partial charge in [0.15, 0.2) is 5.69 Å². The molecule has 0 atom stereocenters. The summed E-state index contributed by atoms with van der Waals surface area (Å²) >= 11 is 5.73. The van der Waals surface area contributed by atoms with E-state index in [-0.39, 0.29) is 5.88 Å². The highest BCUT2D eigenvalue weighted by Gasteiger charge is 2.13. The summed E-state index contributed by atoms with van der Waals surface area (Å²) in [7, 11) is 0. The van der Waals surface area contributed by atoms with Gasteiger partial charge < -0.3 is 4.74 Å². The lowest BCUT2D eigenvalue weighted by Gasteiger charge is -1.95. The fraction of sp³-hybridized carbons (Fsp3) is 0. The van der Waals surface area contributed by atoms with Gasteiger partial charge in [-0.15, -0.1) is 5.26 Å². The number of hydrogen-bond acceptors (Lipinski definition) is 5. The van der Waals surface area contributed by atoms with Crippen LogP contribution in [0.2, 0.25) is 5.02 Å². The molecule has 0 saturated heterocycles. The van der Waals surface area contributed by atoms with E-state index >= 15 is 0 Å². The fourth-order valence-electron chi connectivity index (χ4n) is 1.07. The lowest BCUT2D eigenvalue weighted by atomic mass is 10.2. The number of halogens is 1. The summed E-state index contributed by atoms with van der Waals surface area (Å²) < 4.78 is 9.04. The predicted octanol–water partition coefficient (Wildman–Crippen LogP) is 2.25. The molecule has 1 heterocycles. The van der Waals surface area contributed by atoms with Crippen molar-refractivity contribution in [2.75, 3.05) is 0 Å². The zero-order valence-corrected chi connectivity index (χ0v) is 8.10. The summed E-state index contributed by atoms with van der Waals surface area (Å²) in [6.07, 6.45) is 1.50. The van der Waals surface area contributed by atoms with E-state index in [4.69, 9.17) is 16.9 Å². The Balaban J connectivity index is 2.41. The summed E-state index contributed by atoms with van der Waals surface area (Å²) in [5.41, 5.74) is 1.08. The van der Waals surface area contributed by atoms with Gasteiger partial charge in [0.1, 0.15) is 0 Å². The van der Waals surface area contributed by atoms with Crippen molar-refractivity contribution in [3.63, 3.8) is 0 Å². The summed E-state index contributed by atoms with van der Waals surface area (Å²) in [4.78, 5) is 0. The van der Waals surface area contributed by atoms with E-state index in [1.54, 1.807) is 24.3 Å². The van der Waals surface area contributed by atoms with Gasteiger partial charge in [0.25, 0.3) is 6.26 Å². The highest BCUT2D eigenvalue weighted by molar-refractivity contribution is 6.30. The first kappa shape index (κ1) is 9.49. The minimum atomic E-state index is 0.0415. The highest BCUT2D eigenvalue weighted by Crippen LogP contribution is 2.26. The quantitative estimate of drug-likeness (QED) is 0.728. The molecule has 1 aromatic heterocycles. The number of nitrogens with zero attached hydrogens (tertiary/aromatic N) is 3. The summed E-state index contributed by atoms with van der Waals surface area (Å²) in [6, 6.07) is 6.85. The topological polar surface area (TPSA) is 71.9 Å². The van der Waals surface area contributed by atoms with Gasteiger partial charge in [-0.3, -0.25) is 0 Å². The highest BCUT2D eigenvalue weighted by atomic mass is 35.5. The van der Waals surface area contributed by atoms with Gasteiger partial charge in [0.2, 0.25) is 0 Å². The molecule has 0 saturated carbocycles. The minimum Gasteiger partial charge on any atom is -0.361 e. The molecule has 6 heteroatoms. The van der Waals surface area contributed by atoms with Crippen LogP contribution in [0.4, 0.5) is 0 Å². The fourth-order valence-corrected chi connectivity index (χ4v) is 1.20. The smallest absolute Gasteiger partial charge is 0.301 e. The van der Waals surface area contributed by atoms with Crippen molar-refractivity contribution in [1.29, 1.82) is 5.26 Å². The van der Waals surface area contributed by atoms with Crippen LogP contribution in [-0.4, -0.2) is 10.3 Å². The molecule has 5 nitrogen and oxygen atoms in total. The SMILES string of the molecule is N#COc1nonc1-c1ccc(Cl)cc1. The molecule has 0 spiro atoms. The van der Waals surface area contributed by atoms with Gasteiger partial charge in [-0.05, 0) is 22.4 Å². The molecule has 0 bridgehead atoms. The third kappa shape index (κ3) is 1.90. The van der Waals surface area contributed by atoms with Crippen molar-refractivity contribution in [3.8, 4) is 23.4 Å². The Morgan fingerprint density at radius 3 is 2.67 bits per heavy atom. The molecule has 2 aromatic rings. The number of ether oxygens (including phenoxy) is 1. The lowest BCUT2D eigenvalue weighted by molar-refractivity contribution is 0.292. The number of nitriles is 1. The van der Waals surface area contributed by atoms with E-state index in [1.165, 1.54) is 6.26 Å². The first-order valence-corrected chi connectivity index (χ1v) is 4.33. The normalized spacial score (nSPS) is 9.60. The zero-order valence-electron chi connectivity index (χ0n) is 7.35. The average molecular weight is 222 g/mol. The molecule has 15 heavy (non-hydrogen) atoms. The van der Waals surface area contributed by atoms with Gasteiger partial charge in [-0.25, -0.2) is 4.63 Å². The summed E-state index contributed by atoms with van der Waals surface area (Å²) in [6.45, 7) is 0. The standard InChI is InChI=1S/C9H4ClN3O2/c10-7-3-1-6(2-4-7)8-9(14-5-11)13-15-12-8/h1-4H. The molecule has 0 unspecified atom stereocenters. The average Bonchev–Trinajstić information content (AvgIpc) is 2.68. The minimum absolute atomic E-state index is 0.0415. The van der Waals surface area contributed by atoms with Gasteiger partial charge in [-0.1, -0.05) is 23.7 Å². The van der Waals surface area contributed by atoms with Crippen LogP contribution < -0.4 is 4.74 Å². The second kappa shape index (κ2) is 3.98. The van der Waals surface area contributed by atoms with E-state index in [0.29, 0.717) is 16.3 Å². The maximum absolute atomic E-state index is 8.35. The molecule has 0 aliphatic heterocycles. The first-order valence-electron chi connectivity index (χ1n) is 3.95. The van der Waals surface area contributed by atoms with Crippen LogP contribution >= 0.6 is 11.6 Å². The molecule has 0 radical (unpaired) electrons. The second-order valence-electron chi connectivity index (χ2n) is 2.62. The molecule has 0 aliphatic carbocycles. The largest absolute Gasteiger partial charge is 0.361 e. The van der Waals surface area contributed by atoms with Crippen molar-refractivity contribution in [1.82, 2.24) is 10.3 Å². The molecule has 0 N–H and O–H groups in total. The van der Waals surface area contributed by atoms with E-state index in [2.05, 4.69) is 19.7 Å². The molecule has 1 aromatic carbocycles. The van der Waals surface area contributed by atoms with Crippen LogP contribution in [0.15, 0.2) is 28.9 Å². The zero-order chi connectivity index (χ0) is 10.7. The number of benzene rings is 1. The van der Waals surface area contributed by atoms with E-state index in [9.17, 15) is 0 Å². The van der Waals surface area contributed by atoms with Crippen LogP contribution in [0.25, 0.3) is 11.3 Å². The Labute approximate surface area is 89.8 Å². The third-order valence-electron chi connectivity index (χ3n) is 1.72. The maximum atomic E-state index is 8.35. The molecule has 74 valence electrons. The van der Waals surface area contributed by atoms with E-state index < -0.39 is 0 Å². The third-order valence-corrected chi connectivity index (χ3v) is 1.97. The van der Waals surface area contributed by atoms with Gasteiger partial charge in [0.05, 0.1) is 0 Å². The van der Waals surface area contributed by atoms with E-state index in [1.807, 2.05) is 0 Å². The van der Waals surface area contributed by atoms with Crippen LogP contribution in [0, 0.1) is 11.5 Å². The molecular weight excluding hydrogens is 218 g/mol. The van der Waals surface area contributed by atoms with E-state index in [0.717, 1.165) is 0 Å². The Morgan fingerprint density at radius 2 is 2.00 bits per heavy atom. The Bertz CT molecular complexity index is 501. The summed E-state index contributed by atoms with van der Waals surface area (Å²) in [5.74, 6) is 0.0415. The molecule has 0 amide bonds. The Kier molecular flexibility index (Phi) is 2.52. The maximum Gasteiger partial charge on any atom is 0.301 e. The van der Waals surface area contributed by atoms with Crippen LogP contribution in [-0.2, 0) is 0 Å². The molecule has 0 aliphatic rings. The van der Waals surface area contributed by atoms with Crippen LogP contribution in [0.1, 0.15) is 0 Å². The van der Waals surface area contributed by atoms with Gasteiger partial charge in [-0.2, -0.15) is 0 Å². The number of aromatic nitrogens is 2. The first-order chi connectivity index (χ1) is 7.31. The number of rotatable bonds is 2. The van der Waals surface area contributed by atoms with Crippen molar-refractivity contribution in [2.24, 2.45) is 0 Å². The van der Waals surface area contributed by atoms with Crippen molar-refractivity contribution in [3.05, 3.63) is 29.3 Å². The summed E-state index contributed by atoms with van der Waals surface area (Å²) in [5, 5.41) is 16.0. The predicted molar refractivity (Wildman–Crippen MR) is 51.0 cm³/mol. The molecule has 2 rings (SSSR count). The Hall–Kier alpha value is -2.06. The van der Waals surface area contributed by atoms with Crippen LogP contribution in [0.3, 0.4) is 0 Å². The van der Waals surface area contributed by atoms with Crippen molar-refractivity contribution in [2.45, 2.75) is 0 Å². The molecular formula is C9H4ClN3O2.